The molecule has 35 heavy (non-hydrogen) atoms. The minimum Gasteiger partial charge on any atom is -0.349 e. The molecule has 1 saturated heterocycles. The molecule has 1 aliphatic heterocycles. The minimum absolute atomic E-state index is 0.0178. The van der Waals surface area contributed by atoms with Crippen molar-refractivity contribution in [3.8, 4) is 0 Å². The van der Waals surface area contributed by atoms with E-state index in [1.165, 1.54) is 30.5 Å². The molecule has 1 aromatic heterocycles. The molecule has 2 aromatic carbocycles. The van der Waals surface area contributed by atoms with Crippen LogP contribution in [-0.4, -0.2) is 49.2 Å². The standard InChI is InChI=1S/C26H28N4O4S/c1-18-5-8-23(16-19(18)2)29-35(33,34)24-9-6-20(7-10-24)26(32)30-14-11-22(12-15-30)28-25(31)21-4-3-13-27-17-21/h3-10,13,16-17,22,29H,11-12,14-15H2,1-2H3,(H,28,31). The van der Waals surface area contributed by atoms with E-state index in [9.17, 15) is 18.0 Å². The van der Waals surface area contributed by atoms with Gasteiger partial charge in [-0.05, 0) is 86.3 Å². The summed E-state index contributed by atoms with van der Waals surface area (Å²) in [6.45, 7) is 4.89. The third kappa shape index (κ3) is 5.86. The van der Waals surface area contributed by atoms with Crippen molar-refractivity contribution in [1.29, 1.82) is 0 Å². The Morgan fingerprint density at radius 3 is 2.29 bits per heavy atom. The van der Waals surface area contributed by atoms with Crippen molar-refractivity contribution in [2.45, 2.75) is 37.6 Å². The van der Waals surface area contributed by atoms with Crippen LogP contribution in [0.5, 0.6) is 0 Å². The number of anilines is 1. The molecule has 1 aliphatic rings. The molecular weight excluding hydrogens is 464 g/mol. The summed E-state index contributed by atoms with van der Waals surface area (Å²) in [5, 5.41) is 2.99. The summed E-state index contributed by atoms with van der Waals surface area (Å²) in [6.07, 6.45) is 4.42. The Labute approximate surface area is 205 Å². The first-order valence-electron chi connectivity index (χ1n) is 11.4. The highest BCUT2D eigenvalue weighted by Crippen LogP contribution is 2.21. The molecule has 3 aromatic rings. The third-order valence-electron chi connectivity index (χ3n) is 6.21. The van der Waals surface area contributed by atoms with E-state index < -0.39 is 10.0 Å². The number of hydrogen-bond donors (Lipinski definition) is 2. The summed E-state index contributed by atoms with van der Waals surface area (Å²) in [5.41, 5.74) is 3.50. The predicted molar refractivity (Wildman–Crippen MR) is 134 cm³/mol. The van der Waals surface area contributed by atoms with Crippen LogP contribution in [0.1, 0.15) is 44.7 Å². The van der Waals surface area contributed by atoms with Crippen molar-refractivity contribution in [2.75, 3.05) is 17.8 Å². The second-order valence-corrected chi connectivity index (χ2v) is 10.4. The van der Waals surface area contributed by atoms with Crippen molar-refractivity contribution in [3.63, 3.8) is 0 Å². The van der Waals surface area contributed by atoms with Gasteiger partial charge in [0.1, 0.15) is 0 Å². The molecule has 0 unspecified atom stereocenters. The lowest BCUT2D eigenvalue weighted by Gasteiger charge is -2.32. The van der Waals surface area contributed by atoms with Crippen LogP contribution >= 0.6 is 0 Å². The Hall–Kier alpha value is -3.72. The van der Waals surface area contributed by atoms with Crippen LogP contribution in [0.2, 0.25) is 0 Å². The van der Waals surface area contributed by atoms with Crippen molar-refractivity contribution in [1.82, 2.24) is 15.2 Å². The molecule has 0 bridgehead atoms. The van der Waals surface area contributed by atoms with E-state index in [0.717, 1.165) is 11.1 Å². The molecule has 9 heteroatoms. The largest absolute Gasteiger partial charge is 0.349 e. The summed E-state index contributed by atoms with van der Waals surface area (Å²) in [4.78, 5) is 31.0. The molecule has 8 nitrogen and oxygen atoms in total. The van der Waals surface area contributed by atoms with Crippen molar-refractivity contribution in [3.05, 3.63) is 89.2 Å². The van der Waals surface area contributed by atoms with Crippen molar-refractivity contribution >= 4 is 27.5 Å². The van der Waals surface area contributed by atoms with Gasteiger partial charge in [0.2, 0.25) is 0 Å². The number of nitrogens with zero attached hydrogens (tertiary/aromatic N) is 2. The fourth-order valence-corrected chi connectivity index (χ4v) is 5.02. The minimum atomic E-state index is -3.77. The zero-order chi connectivity index (χ0) is 25.0. The summed E-state index contributed by atoms with van der Waals surface area (Å²) >= 11 is 0. The zero-order valence-corrected chi connectivity index (χ0v) is 20.5. The lowest BCUT2D eigenvalue weighted by atomic mass is 10.0. The number of piperidine rings is 1. The average Bonchev–Trinajstić information content (AvgIpc) is 2.87. The van der Waals surface area contributed by atoms with Gasteiger partial charge >= 0.3 is 0 Å². The van der Waals surface area contributed by atoms with E-state index in [4.69, 9.17) is 0 Å². The first kappa shape index (κ1) is 24.4. The number of nitrogens with one attached hydrogen (secondary N) is 2. The maximum atomic E-state index is 12.9. The van der Waals surface area contributed by atoms with E-state index in [1.54, 1.807) is 35.4 Å². The Morgan fingerprint density at radius 1 is 0.943 bits per heavy atom. The summed E-state index contributed by atoms with van der Waals surface area (Å²) in [7, 11) is -3.77. The number of aromatic nitrogens is 1. The Morgan fingerprint density at radius 2 is 1.66 bits per heavy atom. The highest BCUT2D eigenvalue weighted by molar-refractivity contribution is 7.92. The van der Waals surface area contributed by atoms with Gasteiger partial charge in [-0.1, -0.05) is 6.07 Å². The fraction of sp³-hybridized carbons (Fsp3) is 0.269. The first-order valence-corrected chi connectivity index (χ1v) is 12.9. The number of rotatable bonds is 6. The maximum absolute atomic E-state index is 12.9. The summed E-state index contributed by atoms with van der Waals surface area (Å²) < 4.78 is 28.1. The van der Waals surface area contributed by atoms with Gasteiger partial charge < -0.3 is 10.2 Å². The normalized spacial score (nSPS) is 14.4. The average molecular weight is 493 g/mol. The van der Waals surface area contributed by atoms with Gasteiger partial charge in [-0.3, -0.25) is 19.3 Å². The molecule has 2 N–H and O–H groups in total. The molecule has 0 aliphatic carbocycles. The van der Waals surface area contributed by atoms with Crippen LogP contribution in [0, 0.1) is 13.8 Å². The van der Waals surface area contributed by atoms with Crippen LogP contribution in [0.4, 0.5) is 5.69 Å². The van der Waals surface area contributed by atoms with Gasteiger partial charge in [-0.25, -0.2) is 8.42 Å². The SMILES string of the molecule is Cc1ccc(NS(=O)(=O)c2ccc(C(=O)N3CCC(NC(=O)c4cccnc4)CC3)cc2)cc1C. The number of likely N-dealkylation sites (tertiary alicyclic amines) is 1. The van der Waals surface area contributed by atoms with Gasteiger partial charge in [0.05, 0.1) is 10.5 Å². The van der Waals surface area contributed by atoms with E-state index in [2.05, 4.69) is 15.0 Å². The van der Waals surface area contributed by atoms with Gasteiger partial charge in [-0.2, -0.15) is 0 Å². The molecule has 0 spiro atoms. The molecule has 0 saturated carbocycles. The molecule has 2 heterocycles. The van der Waals surface area contributed by atoms with Crippen LogP contribution in [0.25, 0.3) is 0 Å². The fourth-order valence-electron chi connectivity index (χ4n) is 3.97. The van der Waals surface area contributed by atoms with E-state index in [-0.39, 0.29) is 22.8 Å². The number of carbonyl (C=O) groups excluding carboxylic acids is 2. The van der Waals surface area contributed by atoms with E-state index in [1.807, 2.05) is 19.9 Å². The van der Waals surface area contributed by atoms with E-state index >= 15 is 0 Å². The molecule has 1 fully saturated rings. The second kappa shape index (κ2) is 10.3. The van der Waals surface area contributed by atoms with Crippen LogP contribution in [0.3, 0.4) is 0 Å². The van der Waals surface area contributed by atoms with Crippen LogP contribution in [-0.2, 0) is 10.0 Å². The number of amides is 2. The molecule has 182 valence electrons. The number of carbonyl (C=O) groups is 2. The number of benzene rings is 2. The van der Waals surface area contributed by atoms with Gasteiger partial charge in [0.25, 0.3) is 21.8 Å². The Bertz CT molecular complexity index is 1320. The Balaban J connectivity index is 1.34. The molecule has 4 rings (SSSR count). The number of aryl methyl sites for hydroxylation is 2. The van der Waals surface area contributed by atoms with Crippen LogP contribution < -0.4 is 10.0 Å². The number of hydrogen-bond acceptors (Lipinski definition) is 5. The summed E-state index contributed by atoms with van der Waals surface area (Å²) in [6, 6.07) is 14.7. The zero-order valence-electron chi connectivity index (χ0n) is 19.7. The highest BCUT2D eigenvalue weighted by Gasteiger charge is 2.25. The quantitative estimate of drug-likeness (QED) is 0.547. The third-order valence-corrected chi connectivity index (χ3v) is 7.61. The maximum Gasteiger partial charge on any atom is 0.261 e. The predicted octanol–water partition coefficient (Wildman–Crippen LogP) is 3.53. The van der Waals surface area contributed by atoms with E-state index in [0.29, 0.717) is 42.7 Å². The molecular formula is C26H28N4O4S. The smallest absolute Gasteiger partial charge is 0.261 e. The first-order chi connectivity index (χ1) is 16.7. The molecule has 0 radical (unpaired) electrons. The second-order valence-electron chi connectivity index (χ2n) is 8.71. The molecule has 0 atom stereocenters. The monoisotopic (exact) mass is 492 g/mol. The summed E-state index contributed by atoms with van der Waals surface area (Å²) in [5.74, 6) is -0.331. The van der Waals surface area contributed by atoms with Crippen LogP contribution in [0.15, 0.2) is 71.9 Å². The Kier molecular flexibility index (Phi) is 7.16. The van der Waals surface area contributed by atoms with Gasteiger partial charge in [0.15, 0.2) is 0 Å². The lowest BCUT2D eigenvalue weighted by molar-refractivity contribution is 0.0698. The van der Waals surface area contributed by atoms with Gasteiger partial charge in [-0.15, -0.1) is 0 Å². The van der Waals surface area contributed by atoms with Crippen molar-refractivity contribution < 1.29 is 18.0 Å². The van der Waals surface area contributed by atoms with Gasteiger partial charge in [0, 0.05) is 42.8 Å². The topological polar surface area (TPSA) is 108 Å². The van der Waals surface area contributed by atoms with Crippen molar-refractivity contribution in [2.24, 2.45) is 0 Å². The number of sulfonamides is 1. The lowest BCUT2D eigenvalue weighted by Crippen LogP contribution is -2.46. The number of pyridine rings is 1. The highest BCUT2D eigenvalue weighted by atomic mass is 32.2. The molecule has 2 amide bonds.